The lowest BCUT2D eigenvalue weighted by Crippen LogP contribution is -2.30. The van der Waals surface area contributed by atoms with Gasteiger partial charge in [-0.25, -0.2) is 0 Å². The summed E-state index contributed by atoms with van der Waals surface area (Å²) in [6.07, 6.45) is 49.5. The second-order valence-corrected chi connectivity index (χ2v) is 14.2. The van der Waals surface area contributed by atoms with E-state index in [1.54, 1.807) is 6.08 Å². The van der Waals surface area contributed by atoms with Crippen molar-refractivity contribution in [1.29, 1.82) is 0 Å². The largest absolute Gasteiger partial charge is 0.462 e. The van der Waals surface area contributed by atoms with E-state index in [-0.39, 0.29) is 38.0 Å². The minimum atomic E-state index is -0.819. The zero-order chi connectivity index (χ0) is 38.7. The van der Waals surface area contributed by atoms with Gasteiger partial charge in [0.15, 0.2) is 6.10 Å². The minimum absolute atomic E-state index is 0.116. The van der Waals surface area contributed by atoms with Gasteiger partial charge in [-0.05, 0) is 83.5 Å². The van der Waals surface area contributed by atoms with E-state index in [0.717, 1.165) is 83.5 Å². The first kappa shape index (κ1) is 50.1. The summed E-state index contributed by atoms with van der Waals surface area (Å²) in [4.78, 5) is 37.5. The molecule has 0 aromatic heterocycles. The van der Waals surface area contributed by atoms with Crippen LogP contribution in [0.1, 0.15) is 201 Å². The lowest BCUT2D eigenvalue weighted by atomic mass is 10.1. The van der Waals surface area contributed by atoms with Gasteiger partial charge in [0.2, 0.25) is 0 Å². The van der Waals surface area contributed by atoms with Gasteiger partial charge < -0.3 is 14.2 Å². The van der Waals surface area contributed by atoms with Crippen LogP contribution >= 0.6 is 0 Å². The van der Waals surface area contributed by atoms with Gasteiger partial charge in [-0.3, -0.25) is 14.4 Å². The molecule has 1 atom stereocenters. The molecular weight excluding hydrogens is 661 g/mol. The molecule has 304 valence electrons. The van der Waals surface area contributed by atoms with Crippen LogP contribution in [0.15, 0.2) is 60.8 Å². The molecule has 6 nitrogen and oxygen atoms in total. The van der Waals surface area contributed by atoms with Crippen LogP contribution in [-0.2, 0) is 28.6 Å². The molecule has 0 radical (unpaired) electrons. The van der Waals surface area contributed by atoms with Gasteiger partial charge in [-0.1, -0.05) is 159 Å². The average Bonchev–Trinajstić information content (AvgIpc) is 3.15. The monoisotopic (exact) mass is 741 g/mol. The van der Waals surface area contributed by atoms with Crippen LogP contribution in [0.5, 0.6) is 0 Å². The summed E-state index contributed by atoms with van der Waals surface area (Å²) in [6, 6.07) is 0. The molecule has 0 fully saturated rings. The van der Waals surface area contributed by atoms with Gasteiger partial charge in [-0.15, -0.1) is 0 Å². The first-order valence-corrected chi connectivity index (χ1v) is 21.8. The molecule has 6 heteroatoms. The van der Waals surface area contributed by atoms with Crippen molar-refractivity contribution in [3.63, 3.8) is 0 Å². The first-order chi connectivity index (χ1) is 26.0. The van der Waals surface area contributed by atoms with E-state index in [9.17, 15) is 14.4 Å². The summed E-state index contributed by atoms with van der Waals surface area (Å²) in [5.41, 5.74) is 0. The molecule has 0 aliphatic heterocycles. The number of hydrogen-bond acceptors (Lipinski definition) is 6. The molecule has 0 N–H and O–H groups in total. The summed E-state index contributed by atoms with van der Waals surface area (Å²) in [7, 11) is 0. The third-order valence-electron chi connectivity index (χ3n) is 9.01. The lowest BCUT2D eigenvalue weighted by molar-refractivity contribution is -0.166. The van der Waals surface area contributed by atoms with Crippen molar-refractivity contribution in [1.82, 2.24) is 0 Å². The highest BCUT2D eigenvalue weighted by molar-refractivity contribution is 5.72. The Morgan fingerprint density at radius 2 is 0.811 bits per heavy atom. The maximum Gasteiger partial charge on any atom is 0.309 e. The number of hydrogen-bond donors (Lipinski definition) is 0. The molecule has 1 unspecified atom stereocenters. The number of allylic oxidation sites excluding steroid dienone is 9. The van der Waals surface area contributed by atoms with Crippen LogP contribution in [0.4, 0.5) is 0 Å². The van der Waals surface area contributed by atoms with E-state index in [0.29, 0.717) is 6.42 Å². The maximum absolute atomic E-state index is 12.7. The van der Waals surface area contributed by atoms with E-state index in [4.69, 9.17) is 14.2 Å². The van der Waals surface area contributed by atoms with E-state index >= 15 is 0 Å². The molecule has 0 saturated heterocycles. The lowest BCUT2D eigenvalue weighted by Gasteiger charge is -2.18. The highest BCUT2D eigenvalue weighted by Gasteiger charge is 2.19. The Balaban J connectivity index is 4.49. The Hall–Kier alpha value is -2.89. The van der Waals surface area contributed by atoms with Crippen LogP contribution < -0.4 is 0 Å². The summed E-state index contributed by atoms with van der Waals surface area (Å²) in [5, 5.41) is 0. The standard InChI is InChI=1S/C47H80O6/c1-4-7-10-13-16-19-21-23-25-28-31-34-37-40-46(49)52-43-44(42-51-45(48)39-36-33-30-27-18-15-12-9-6-3)53-47(50)41-38-35-32-29-26-24-22-20-17-14-11-8-5-2/h9,12,18,23-27,33,36,44H,4-8,10-11,13-17,19-22,28-32,34-35,37-43H2,1-3H3/b12-9-,25-23-,26-24-,27-18-,36-33-. The highest BCUT2D eigenvalue weighted by Crippen LogP contribution is 2.12. The highest BCUT2D eigenvalue weighted by atomic mass is 16.6. The SMILES string of the molecule is CC/C=C\C/C=C\C/C=C\CC(=O)OCC(COC(=O)CCCCC/C=C\CCCCCCCC)OC(=O)CCCCC/C=C\CCCCCCCC. The number of carbonyl (C=O) groups is 3. The third kappa shape index (κ3) is 40.1. The van der Waals surface area contributed by atoms with Crippen molar-refractivity contribution < 1.29 is 28.6 Å². The number of ether oxygens (including phenoxy) is 3. The van der Waals surface area contributed by atoms with Gasteiger partial charge in [-0.2, -0.15) is 0 Å². The van der Waals surface area contributed by atoms with Gasteiger partial charge >= 0.3 is 17.9 Å². The smallest absolute Gasteiger partial charge is 0.309 e. The minimum Gasteiger partial charge on any atom is -0.462 e. The summed E-state index contributed by atoms with van der Waals surface area (Å²) < 4.78 is 16.5. The molecule has 0 rings (SSSR count). The van der Waals surface area contributed by atoms with Crippen molar-refractivity contribution in [2.75, 3.05) is 13.2 Å². The van der Waals surface area contributed by atoms with Crippen LogP contribution in [0.25, 0.3) is 0 Å². The van der Waals surface area contributed by atoms with Gasteiger partial charge in [0, 0.05) is 12.8 Å². The Bertz CT molecular complexity index is 991. The number of carbonyl (C=O) groups excluding carboxylic acids is 3. The molecule has 0 spiro atoms. The molecule has 0 saturated carbocycles. The molecule has 0 aromatic rings. The van der Waals surface area contributed by atoms with Crippen molar-refractivity contribution in [2.45, 2.75) is 207 Å². The molecular formula is C47H80O6. The number of rotatable bonds is 38. The van der Waals surface area contributed by atoms with Crippen LogP contribution in [0.3, 0.4) is 0 Å². The first-order valence-electron chi connectivity index (χ1n) is 21.8. The number of unbranched alkanes of at least 4 members (excludes halogenated alkanes) is 18. The summed E-state index contributed by atoms with van der Waals surface area (Å²) in [5.74, 6) is -1.08. The van der Waals surface area contributed by atoms with Gasteiger partial charge in [0.05, 0.1) is 6.42 Å². The second-order valence-electron chi connectivity index (χ2n) is 14.2. The fraction of sp³-hybridized carbons (Fsp3) is 0.723. The molecule has 0 amide bonds. The number of esters is 3. The third-order valence-corrected chi connectivity index (χ3v) is 9.01. The fourth-order valence-electron chi connectivity index (χ4n) is 5.73. The maximum atomic E-state index is 12.7. The second kappa shape index (κ2) is 41.9. The Morgan fingerprint density at radius 3 is 1.30 bits per heavy atom. The normalized spacial score (nSPS) is 12.6. The Kier molecular flexibility index (Phi) is 39.6. The molecule has 0 aliphatic rings. The van der Waals surface area contributed by atoms with Crippen molar-refractivity contribution in [3.8, 4) is 0 Å². The molecule has 0 aromatic carbocycles. The zero-order valence-electron chi connectivity index (χ0n) is 34.5. The van der Waals surface area contributed by atoms with Crippen molar-refractivity contribution >= 4 is 17.9 Å². The van der Waals surface area contributed by atoms with Gasteiger partial charge in [0.1, 0.15) is 13.2 Å². The predicted octanol–water partition coefficient (Wildman–Crippen LogP) is 13.7. The topological polar surface area (TPSA) is 78.9 Å². The van der Waals surface area contributed by atoms with Crippen LogP contribution in [0.2, 0.25) is 0 Å². The van der Waals surface area contributed by atoms with Crippen molar-refractivity contribution in [2.24, 2.45) is 0 Å². The predicted molar refractivity (Wildman–Crippen MR) is 224 cm³/mol. The average molecular weight is 741 g/mol. The molecule has 53 heavy (non-hydrogen) atoms. The Labute approximate surface area is 326 Å². The van der Waals surface area contributed by atoms with E-state index in [1.807, 2.05) is 6.08 Å². The zero-order valence-corrected chi connectivity index (χ0v) is 34.5. The van der Waals surface area contributed by atoms with Crippen LogP contribution in [-0.4, -0.2) is 37.2 Å². The summed E-state index contributed by atoms with van der Waals surface area (Å²) in [6.45, 7) is 6.35. The van der Waals surface area contributed by atoms with E-state index in [2.05, 4.69) is 69.4 Å². The summed E-state index contributed by atoms with van der Waals surface area (Å²) >= 11 is 0. The van der Waals surface area contributed by atoms with E-state index < -0.39 is 12.1 Å². The van der Waals surface area contributed by atoms with Gasteiger partial charge in [0.25, 0.3) is 0 Å². The molecule has 0 bridgehead atoms. The van der Waals surface area contributed by atoms with Crippen molar-refractivity contribution in [3.05, 3.63) is 60.8 Å². The Morgan fingerprint density at radius 1 is 0.415 bits per heavy atom. The fourth-order valence-corrected chi connectivity index (χ4v) is 5.73. The quantitative estimate of drug-likeness (QED) is 0.0271. The van der Waals surface area contributed by atoms with Crippen LogP contribution in [0, 0.1) is 0 Å². The molecule has 0 heterocycles. The van der Waals surface area contributed by atoms with E-state index in [1.165, 1.54) is 77.0 Å². The molecule has 0 aliphatic carbocycles.